The van der Waals surface area contributed by atoms with Crippen LogP contribution in [0.2, 0.25) is 0 Å². The highest BCUT2D eigenvalue weighted by Gasteiger charge is 2.16. The number of rotatable bonds is 4. The van der Waals surface area contributed by atoms with E-state index in [1.165, 1.54) is 0 Å². The summed E-state index contributed by atoms with van der Waals surface area (Å²) in [4.78, 5) is 14.3. The summed E-state index contributed by atoms with van der Waals surface area (Å²) in [5.74, 6) is 6.41. The van der Waals surface area contributed by atoms with Crippen LogP contribution in [-0.4, -0.2) is 30.9 Å². The number of hydrogen-bond donors (Lipinski definition) is 1. The minimum absolute atomic E-state index is 0.0548. The average Bonchev–Trinajstić information content (AvgIpc) is 2.45. The van der Waals surface area contributed by atoms with E-state index in [9.17, 15) is 4.79 Å². The van der Waals surface area contributed by atoms with Crippen LogP contribution < -0.4 is 5.73 Å². The van der Waals surface area contributed by atoms with Crippen LogP contribution in [0.5, 0.6) is 0 Å². The van der Waals surface area contributed by atoms with Gasteiger partial charge in [0.1, 0.15) is 0 Å². The lowest BCUT2D eigenvalue weighted by molar-refractivity contribution is 0.0774. The molecule has 0 radical (unpaired) electrons. The molecule has 0 aliphatic rings. The van der Waals surface area contributed by atoms with Gasteiger partial charge in [-0.05, 0) is 30.5 Å². The summed E-state index contributed by atoms with van der Waals surface area (Å²) in [5.41, 5.74) is 7.91. The number of hydrogen-bond acceptors (Lipinski definition) is 2. The first-order valence-electron chi connectivity index (χ1n) is 7.05. The van der Waals surface area contributed by atoms with Gasteiger partial charge in [0.2, 0.25) is 0 Å². The van der Waals surface area contributed by atoms with E-state index in [0.29, 0.717) is 12.5 Å². The van der Waals surface area contributed by atoms with Gasteiger partial charge in [-0.15, -0.1) is 0 Å². The van der Waals surface area contributed by atoms with Gasteiger partial charge in [-0.1, -0.05) is 38.2 Å². The van der Waals surface area contributed by atoms with Crippen LogP contribution in [0.25, 0.3) is 0 Å². The Labute approximate surface area is 122 Å². The van der Waals surface area contributed by atoms with Crippen molar-refractivity contribution in [3.63, 3.8) is 0 Å². The van der Waals surface area contributed by atoms with E-state index in [2.05, 4.69) is 25.7 Å². The number of carbonyl (C=O) groups excluding carboxylic acids is 1. The highest BCUT2D eigenvalue weighted by atomic mass is 16.2. The van der Waals surface area contributed by atoms with Crippen molar-refractivity contribution in [1.82, 2.24) is 4.90 Å². The summed E-state index contributed by atoms with van der Waals surface area (Å²) in [6.07, 6.45) is 1.07. The molecule has 1 unspecified atom stereocenters. The molecule has 2 N–H and O–H groups in total. The van der Waals surface area contributed by atoms with Crippen LogP contribution in [-0.2, 0) is 0 Å². The Kier molecular flexibility index (Phi) is 6.27. The van der Waals surface area contributed by atoms with Crippen LogP contribution in [0.15, 0.2) is 18.2 Å². The Bertz CT molecular complexity index is 526. The quantitative estimate of drug-likeness (QED) is 0.856. The predicted molar refractivity (Wildman–Crippen MR) is 83.5 cm³/mol. The first-order chi connectivity index (χ1) is 9.51. The summed E-state index contributed by atoms with van der Waals surface area (Å²) >= 11 is 0. The van der Waals surface area contributed by atoms with E-state index in [0.717, 1.165) is 29.7 Å². The molecular weight excluding hydrogens is 248 g/mol. The third-order valence-electron chi connectivity index (χ3n) is 3.52. The van der Waals surface area contributed by atoms with Crippen molar-refractivity contribution in [2.24, 2.45) is 11.7 Å². The Morgan fingerprint density at radius 2 is 2.15 bits per heavy atom. The van der Waals surface area contributed by atoms with Gasteiger partial charge in [-0.25, -0.2) is 0 Å². The molecule has 0 spiro atoms. The summed E-state index contributed by atoms with van der Waals surface area (Å²) in [7, 11) is 1.85. The molecule has 1 aromatic rings. The number of nitrogens with two attached hydrogens (primary N) is 1. The summed E-state index contributed by atoms with van der Waals surface area (Å²) in [6.45, 7) is 7.32. The molecule has 3 heteroatoms. The molecule has 20 heavy (non-hydrogen) atoms. The lowest BCUT2D eigenvalue weighted by Gasteiger charge is -2.22. The van der Waals surface area contributed by atoms with Crippen LogP contribution in [0.4, 0.5) is 0 Å². The number of amides is 1. The fourth-order valence-electron chi connectivity index (χ4n) is 2.03. The van der Waals surface area contributed by atoms with Crippen LogP contribution in [0.3, 0.4) is 0 Å². The Morgan fingerprint density at radius 3 is 2.75 bits per heavy atom. The molecule has 1 atom stereocenters. The van der Waals surface area contributed by atoms with E-state index in [-0.39, 0.29) is 5.91 Å². The van der Waals surface area contributed by atoms with Crippen molar-refractivity contribution >= 4 is 5.91 Å². The third-order valence-corrected chi connectivity index (χ3v) is 3.52. The van der Waals surface area contributed by atoms with Crippen molar-refractivity contribution in [2.45, 2.75) is 27.2 Å². The number of benzene rings is 1. The highest BCUT2D eigenvalue weighted by molar-refractivity contribution is 5.96. The second kappa shape index (κ2) is 7.72. The lowest BCUT2D eigenvalue weighted by Crippen LogP contribution is -2.31. The SMILES string of the molecule is CCC(C)CN(C)C(=O)c1cccc(C#CCN)c1C. The number of nitrogens with zero attached hydrogens (tertiary/aromatic N) is 1. The van der Waals surface area contributed by atoms with Crippen molar-refractivity contribution in [2.75, 3.05) is 20.1 Å². The van der Waals surface area contributed by atoms with E-state index in [1.54, 1.807) is 4.90 Å². The van der Waals surface area contributed by atoms with Crippen molar-refractivity contribution in [1.29, 1.82) is 0 Å². The molecule has 0 aliphatic carbocycles. The third kappa shape index (κ3) is 4.11. The smallest absolute Gasteiger partial charge is 0.253 e. The maximum atomic E-state index is 12.5. The number of carbonyl (C=O) groups is 1. The topological polar surface area (TPSA) is 46.3 Å². The molecular formula is C17H24N2O. The molecule has 0 bridgehead atoms. The van der Waals surface area contributed by atoms with Crippen molar-refractivity contribution in [3.8, 4) is 11.8 Å². The maximum absolute atomic E-state index is 12.5. The summed E-state index contributed by atoms with van der Waals surface area (Å²) < 4.78 is 0. The van der Waals surface area contributed by atoms with Gasteiger partial charge in [-0.2, -0.15) is 0 Å². The first kappa shape index (κ1) is 16.3. The normalized spacial score (nSPS) is 11.4. The van der Waals surface area contributed by atoms with Crippen LogP contribution in [0, 0.1) is 24.7 Å². The maximum Gasteiger partial charge on any atom is 0.253 e. The Balaban J connectivity index is 2.99. The molecule has 1 rings (SSSR count). The van der Waals surface area contributed by atoms with Gasteiger partial charge in [0.15, 0.2) is 0 Å². The van der Waals surface area contributed by atoms with E-state index in [4.69, 9.17) is 5.73 Å². The zero-order valence-electron chi connectivity index (χ0n) is 12.9. The summed E-state index contributed by atoms with van der Waals surface area (Å²) in [6, 6.07) is 5.65. The average molecular weight is 272 g/mol. The molecule has 1 aromatic carbocycles. The van der Waals surface area contributed by atoms with Crippen molar-refractivity contribution < 1.29 is 4.79 Å². The van der Waals surface area contributed by atoms with Gasteiger partial charge >= 0.3 is 0 Å². The molecule has 3 nitrogen and oxygen atoms in total. The van der Waals surface area contributed by atoms with E-state index >= 15 is 0 Å². The first-order valence-corrected chi connectivity index (χ1v) is 7.05. The van der Waals surface area contributed by atoms with Gasteiger partial charge < -0.3 is 10.6 Å². The standard InChI is InChI=1S/C17H24N2O/c1-5-13(2)12-19(4)17(20)16-10-6-8-15(14(16)3)9-7-11-18/h6,8,10,13H,5,11-12,18H2,1-4H3. The second-order valence-electron chi connectivity index (χ2n) is 5.18. The van der Waals surface area contributed by atoms with Gasteiger partial charge in [0.05, 0.1) is 6.54 Å². The van der Waals surface area contributed by atoms with Crippen molar-refractivity contribution in [3.05, 3.63) is 34.9 Å². The molecule has 108 valence electrons. The molecule has 0 saturated heterocycles. The minimum Gasteiger partial charge on any atom is -0.341 e. The zero-order chi connectivity index (χ0) is 15.1. The fraction of sp³-hybridized carbons (Fsp3) is 0.471. The minimum atomic E-state index is 0.0548. The van der Waals surface area contributed by atoms with Gasteiger partial charge in [0.25, 0.3) is 5.91 Å². The van der Waals surface area contributed by atoms with Gasteiger partial charge in [0, 0.05) is 24.7 Å². The van der Waals surface area contributed by atoms with Crippen LogP contribution >= 0.6 is 0 Å². The molecule has 0 fully saturated rings. The van der Waals surface area contributed by atoms with Gasteiger partial charge in [-0.3, -0.25) is 4.79 Å². The zero-order valence-corrected chi connectivity index (χ0v) is 12.9. The highest BCUT2D eigenvalue weighted by Crippen LogP contribution is 2.16. The molecule has 0 heterocycles. The predicted octanol–water partition coefficient (Wildman–Crippen LogP) is 2.42. The van der Waals surface area contributed by atoms with Crippen LogP contribution in [0.1, 0.15) is 41.8 Å². The van der Waals surface area contributed by atoms with E-state index in [1.807, 2.05) is 32.2 Å². The Morgan fingerprint density at radius 1 is 1.45 bits per heavy atom. The molecule has 0 aliphatic heterocycles. The molecule has 0 saturated carbocycles. The summed E-state index contributed by atoms with van der Waals surface area (Å²) in [5, 5.41) is 0. The Hall–Kier alpha value is -1.79. The van der Waals surface area contributed by atoms with E-state index < -0.39 is 0 Å². The lowest BCUT2D eigenvalue weighted by atomic mass is 10.0. The molecule has 1 amide bonds. The molecule has 0 aromatic heterocycles. The monoisotopic (exact) mass is 272 g/mol. The largest absolute Gasteiger partial charge is 0.341 e. The fourth-order valence-corrected chi connectivity index (χ4v) is 2.03. The second-order valence-corrected chi connectivity index (χ2v) is 5.18.